The van der Waals surface area contributed by atoms with E-state index in [-0.39, 0.29) is 11.3 Å². The van der Waals surface area contributed by atoms with Gasteiger partial charge in [0.05, 0.1) is 0 Å². The third-order valence-electron chi connectivity index (χ3n) is 4.49. The number of hydrogen-bond donors (Lipinski definition) is 3. The van der Waals surface area contributed by atoms with E-state index < -0.39 is 5.91 Å². The van der Waals surface area contributed by atoms with Crippen molar-refractivity contribution in [2.24, 2.45) is 0 Å². The predicted octanol–water partition coefficient (Wildman–Crippen LogP) is 4.62. The number of nitrogens with zero attached hydrogens (tertiary/aromatic N) is 1. The summed E-state index contributed by atoms with van der Waals surface area (Å²) in [6.45, 7) is 3.97. The molecule has 0 aliphatic carbocycles. The molecule has 5 heteroatoms. The van der Waals surface area contributed by atoms with E-state index in [2.05, 4.69) is 10.6 Å². The van der Waals surface area contributed by atoms with Crippen molar-refractivity contribution in [2.45, 2.75) is 13.8 Å². The Hall–Kier alpha value is -3.78. The van der Waals surface area contributed by atoms with Crippen molar-refractivity contribution in [2.75, 3.05) is 10.6 Å². The zero-order valence-electron chi connectivity index (χ0n) is 15.1. The molecule has 0 fully saturated rings. The first-order valence-electron chi connectivity index (χ1n) is 8.46. The van der Waals surface area contributed by atoms with Crippen LogP contribution in [0.15, 0.2) is 66.4 Å². The zero-order chi connectivity index (χ0) is 19.4. The third-order valence-corrected chi connectivity index (χ3v) is 4.49. The molecule has 0 radical (unpaired) electrons. The van der Waals surface area contributed by atoms with Crippen LogP contribution in [0, 0.1) is 25.2 Å². The van der Waals surface area contributed by atoms with Gasteiger partial charge in [-0.3, -0.25) is 4.79 Å². The number of anilines is 2. The zero-order valence-corrected chi connectivity index (χ0v) is 15.1. The topological polar surface area (TPSA) is 85.2 Å². The minimum Gasteiger partial charge on any atom is -0.507 e. The maximum Gasteiger partial charge on any atom is 0.267 e. The number of amides is 1. The van der Waals surface area contributed by atoms with Crippen molar-refractivity contribution >= 4 is 28.1 Å². The van der Waals surface area contributed by atoms with Gasteiger partial charge in [0.25, 0.3) is 5.91 Å². The van der Waals surface area contributed by atoms with E-state index in [0.717, 1.165) is 16.8 Å². The Morgan fingerprint density at radius 3 is 2.44 bits per heavy atom. The average Bonchev–Trinajstić information content (AvgIpc) is 2.66. The lowest BCUT2D eigenvalue weighted by atomic mass is 10.1. The molecule has 134 valence electrons. The molecule has 0 aromatic heterocycles. The molecular weight excluding hydrogens is 338 g/mol. The third kappa shape index (κ3) is 3.75. The van der Waals surface area contributed by atoms with Crippen molar-refractivity contribution in [1.29, 1.82) is 5.26 Å². The molecule has 0 saturated carbocycles. The van der Waals surface area contributed by atoms with Crippen molar-refractivity contribution in [3.63, 3.8) is 0 Å². The normalized spacial score (nSPS) is 11.1. The Labute approximate surface area is 157 Å². The fourth-order valence-corrected chi connectivity index (χ4v) is 2.80. The van der Waals surface area contributed by atoms with Gasteiger partial charge in [-0.25, -0.2) is 0 Å². The van der Waals surface area contributed by atoms with Gasteiger partial charge >= 0.3 is 0 Å². The van der Waals surface area contributed by atoms with E-state index in [1.807, 2.05) is 38.1 Å². The van der Waals surface area contributed by atoms with Crippen LogP contribution in [0.5, 0.6) is 5.75 Å². The molecule has 0 atom stereocenters. The summed E-state index contributed by atoms with van der Waals surface area (Å²) < 4.78 is 0. The number of rotatable bonds is 4. The Bertz CT molecular complexity index is 1090. The number of phenolic OH excluding ortho intramolecular Hbond substituents is 1. The molecule has 0 aliphatic heterocycles. The van der Waals surface area contributed by atoms with Gasteiger partial charge in [0, 0.05) is 28.3 Å². The maximum atomic E-state index is 12.5. The van der Waals surface area contributed by atoms with Crippen LogP contribution in [0.3, 0.4) is 0 Å². The molecule has 5 nitrogen and oxygen atoms in total. The monoisotopic (exact) mass is 357 g/mol. The van der Waals surface area contributed by atoms with Crippen molar-refractivity contribution in [3.05, 3.63) is 77.5 Å². The first-order valence-corrected chi connectivity index (χ1v) is 8.46. The minimum absolute atomic E-state index is 0.0481. The number of hydrogen-bond acceptors (Lipinski definition) is 4. The van der Waals surface area contributed by atoms with Crippen LogP contribution in [0.1, 0.15) is 11.1 Å². The van der Waals surface area contributed by atoms with Gasteiger partial charge in [-0.2, -0.15) is 5.26 Å². The molecule has 3 N–H and O–H groups in total. The lowest BCUT2D eigenvalue weighted by molar-refractivity contribution is -0.112. The van der Waals surface area contributed by atoms with Crippen LogP contribution in [-0.2, 0) is 4.79 Å². The number of benzene rings is 3. The lowest BCUT2D eigenvalue weighted by Gasteiger charge is -2.10. The van der Waals surface area contributed by atoms with E-state index in [1.54, 1.807) is 36.4 Å². The second-order valence-electron chi connectivity index (χ2n) is 6.19. The molecule has 3 aromatic rings. The fourth-order valence-electron chi connectivity index (χ4n) is 2.80. The Kier molecular flexibility index (Phi) is 5.09. The molecule has 3 rings (SSSR count). The molecular formula is C22H19N3O2. The molecule has 0 spiro atoms. The highest BCUT2D eigenvalue weighted by molar-refractivity contribution is 6.11. The Morgan fingerprint density at radius 2 is 1.67 bits per heavy atom. The van der Waals surface area contributed by atoms with E-state index in [4.69, 9.17) is 0 Å². The number of phenols is 1. The summed E-state index contributed by atoms with van der Waals surface area (Å²) in [6, 6.07) is 18.0. The fraction of sp³-hybridized carbons (Fsp3) is 0.0909. The first kappa shape index (κ1) is 18.0. The van der Waals surface area contributed by atoms with Gasteiger partial charge in [-0.1, -0.05) is 36.4 Å². The van der Waals surface area contributed by atoms with Crippen LogP contribution in [0.25, 0.3) is 10.8 Å². The van der Waals surface area contributed by atoms with Gasteiger partial charge < -0.3 is 15.7 Å². The predicted molar refractivity (Wildman–Crippen MR) is 107 cm³/mol. The van der Waals surface area contributed by atoms with Crippen LogP contribution < -0.4 is 10.6 Å². The van der Waals surface area contributed by atoms with E-state index in [9.17, 15) is 15.2 Å². The summed E-state index contributed by atoms with van der Waals surface area (Å²) in [5.74, 6) is -0.387. The van der Waals surface area contributed by atoms with Crippen molar-refractivity contribution < 1.29 is 9.90 Å². The highest BCUT2D eigenvalue weighted by Crippen LogP contribution is 2.30. The van der Waals surface area contributed by atoms with Crippen LogP contribution in [0.2, 0.25) is 0 Å². The largest absolute Gasteiger partial charge is 0.507 e. The Morgan fingerprint density at radius 1 is 1.00 bits per heavy atom. The van der Waals surface area contributed by atoms with Gasteiger partial charge in [0.15, 0.2) is 0 Å². The molecule has 1 amide bonds. The molecule has 0 aliphatic rings. The number of carbonyl (C=O) groups is 1. The maximum absolute atomic E-state index is 12.5. The summed E-state index contributed by atoms with van der Waals surface area (Å²) in [6.07, 6.45) is 1.40. The molecule has 0 unspecified atom stereocenters. The number of nitrogens with one attached hydrogen (secondary N) is 2. The highest BCUT2D eigenvalue weighted by atomic mass is 16.3. The number of carbonyl (C=O) groups excluding carboxylic acids is 1. The molecule has 3 aromatic carbocycles. The van der Waals surface area contributed by atoms with Crippen molar-refractivity contribution in [3.8, 4) is 11.8 Å². The van der Waals surface area contributed by atoms with Gasteiger partial charge in [0.1, 0.15) is 17.4 Å². The second-order valence-corrected chi connectivity index (χ2v) is 6.19. The quantitative estimate of drug-likeness (QED) is 0.470. The number of fused-ring (bicyclic) bond motifs is 1. The smallest absolute Gasteiger partial charge is 0.267 e. The van der Waals surface area contributed by atoms with Gasteiger partial charge in [0.2, 0.25) is 0 Å². The van der Waals surface area contributed by atoms with Crippen molar-refractivity contribution in [1.82, 2.24) is 0 Å². The standard InChI is InChI=1S/C22H19N3O2/c1-14-6-3-9-19(15(14)2)24-13-16(12-23)22(27)25-20-10-4-8-18-17(20)7-5-11-21(18)26/h3-11,13,24,26H,1-2H3,(H,25,27)/b16-13-. The van der Waals surface area contributed by atoms with E-state index >= 15 is 0 Å². The summed E-state index contributed by atoms with van der Waals surface area (Å²) in [4.78, 5) is 12.5. The van der Waals surface area contributed by atoms with E-state index in [0.29, 0.717) is 16.5 Å². The highest BCUT2D eigenvalue weighted by Gasteiger charge is 2.12. The molecule has 0 heterocycles. The van der Waals surface area contributed by atoms with E-state index in [1.165, 1.54) is 6.20 Å². The van der Waals surface area contributed by atoms with Crippen LogP contribution >= 0.6 is 0 Å². The summed E-state index contributed by atoms with van der Waals surface area (Å²) in [5.41, 5.74) is 3.49. The molecule has 27 heavy (non-hydrogen) atoms. The minimum atomic E-state index is -0.522. The number of nitriles is 1. The van der Waals surface area contributed by atoms with Gasteiger partial charge in [-0.05, 0) is 43.2 Å². The number of aryl methyl sites for hydroxylation is 1. The van der Waals surface area contributed by atoms with Gasteiger partial charge in [-0.15, -0.1) is 0 Å². The Balaban J connectivity index is 1.85. The summed E-state index contributed by atoms with van der Waals surface area (Å²) in [5, 5.41) is 26.4. The average molecular weight is 357 g/mol. The lowest BCUT2D eigenvalue weighted by Crippen LogP contribution is -2.15. The van der Waals surface area contributed by atoms with Crippen LogP contribution in [-0.4, -0.2) is 11.0 Å². The van der Waals surface area contributed by atoms with Crippen LogP contribution in [0.4, 0.5) is 11.4 Å². The molecule has 0 saturated heterocycles. The SMILES string of the molecule is Cc1cccc(N/C=C(/C#N)C(=O)Nc2cccc3c(O)cccc23)c1C. The first-order chi connectivity index (χ1) is 13.0. The second kappa shape index (κ2) is 7.63. The number of aromatic hydroxyl groups is 1. The summed E-state index contributed by atoms with van der Waals surface area (Å²) >= 11 is 0. The summed E-state index contributed by atoms with van der Waals surface area (Å²) in [7, 11) is 0. The molecule has 0 bridgehead atoms.